The minimum atomic E-state index is -3.55. The molecule has 0 bridgehead atoms. The molecule has 118 valence electrons. The molecule has 2 rings (SSSR count). The number of hydrogen-bond donors (Lipinski definition) is 2. The summed E-state index contributed by atoms with van der Waals surface area (Å²) in [5.41, 5.74) is 6.83. The van der Waals surface area contributed by atoms with Gasteiger partial charge in [0.1, 0.15) is 0 Å². The lowest BCUT2D eigenvalue weighted by molar-refractivity contribution is 0.0250. The molecule has 1 unspecified atom stereocenters. The third kappa shape index (κ3) is 3.83. The highest BCUT2D eigenvalue weighted by Gasteiger charge is 2.31. The fourth-order valence-corrected chi connectivity index (χ4v) is 4.08. The summed E-state index contributed by atoms with van der Waals surface area (Å²) in [6, 6.07) is 5.38. The van der Waals surface area contributed by atoms with Crippen molar-refractivity contribution in [1.29, 1.82) is 0 Å². The molecule has 3 N–H and O–H groups in total. The molecule has 0 aromatic heterocycles. The summed E-state index contributed by atoms with van der Waals surface area (Å²) < 4.78 is 33.5. The first-order valence-electron chi connectivity index (χ1n) is 7.36. The van der Waals surface area contributed by atoms with Crippen LogP contribution in [0.15, 0.2) is 23.1 Å². The van der Waals surface area contributed by atoms with Crippen LogP contribution < -0.4 is 10.5 Å². The van der Waals surface area contributed by atoms with Gasteiger partial charge in [-0.2, -0.15) is 0 Å². The molecule has 0 spiro atoms. The molecule has 1 aliphatic heterocycles. The second kappa shape index (κ2) is 6.44. The summed E-state index contributed by atoms with van der Waals surface area (Å²) >= 11 is 0. The lowest BCUT2D eigenvalue weighted by Gasteiger charge is -2.23. The second-order valence-corrected chi connectivity index (χ2v) is 7.46. The van der Waals surface area contributed by atoms with Crippen molar-refractivity contribution in [3.8, 4) is 0 Å². The first-order valence-corrected chi connectivity index (χ1v) is 8.84. The average Bonchev–Trinajstić information content (AvgIpc) is 2.92. The summed E-state index contributed by atoms with van der Waals surface area (Å²) in [4.78, 5) is 0.328. The maximum atomic E-state index is 12.6. The zero-order chi connectivity index (χ0) is 15.5. The van der Waals surface area contributed by atoms with Gasteiger partial charge in [-0.05, 0) is 43.4 Å². The normalized spacial score (nSPS) is 22.6. The molecule has 0 aliphatic carbocycles. The molecule has 5 nitrogen and oxygen atoms in total. The van der Waals surface area contributed by atoms with Crippen molar-refractivity contribution in [2.75, 3.05) is 13.2 Å². The van der Waals surface area contributed by atoms with E-state index in [9.17, 15) is 8.42 Å². The average molecular weight is 312 g/mol. The Labute approximate surface area is 126 Å². The predicted octanol–water partition coefficient (Wildman–Crippen LogP) is 1.56. The van der Waals surface area contributed by atoms with E-state index in [1.54, 1.807) is 6.07 Å². The smallest absolute Gasteiger partial charge is 0.240 e. The summed E-state index contributed by atoms with van der Waals surface area (Å²) in [6.45, 7) is 5.21. The van der Waals surface area contributed by atoms with Crippen molar-refractivity contribution < 1.29 is 13.2 Å². The molecule has 0 amide bonds. The molecule has 1 aliphatic rings. The topological polar surface area (TPSA) is 81.4 Å². The van der Waals surface area contributed by atoms with Crippen LogP contribution in [0.5, 0.6) is 0 Å². The van der Waals surface area contributed by atoms with Crippen molar-refractivity contribution in [2.45, 2.75) is 50.2 Å². The Bertz CT molecular complexity index is 593. The van der Waals surface area contributed by atoms with Crippen LogP contribution in [0.4, 0.5) is 0 Å². The largest absolute Gasteiger partial charge is 0.374 e. The zero-order valence-corrected chi connectivity index (χ0v) is 13.5. The number of aryl methyl sites for hydroxylation is 1. The highest BCUT2D eigenvalue weighted by Crippen LogP contribution is 2.25. The van der Waals surface area contributed by atoms with E-state index in [-0.39, 0.29) is 0 Å². The highest BCUT2D eigenvalue weighted by atomic mass is 32.2. The Morgan fingerprint density at radius 3 is 2.76 bits per heavy atom. The van der Waals surface area contributed by atoms with Gasteiger partial charge in [-0.15, -0.1) is 0 Å². The molecule has 21 heavy (non-hydrogen) atoms. The first-order chi connectivity index (χ1) is 9.90. The van der Waals surface area contributed by atoms with Crippen LogP contribution in [0.1, 0.15) is 37.8 Å². The Balaban J connectivity index is 2.22. The van der Waals surface area contributed by atoms with E-state index in [4.69, 9.17) is 10.5 Å². The molecule has 1 aromatic rings. The molecule has 6 heteroatoms. The van der Waals surface area contributed by atoms with E-state index in [2.05, 4.69) is 4.72 Å². The number of hydrogen-bond acceptors (Lipinski definition) is 4. The summed E-state index contributed by atoms with van der Waals surface area (Å²) in [5.74, 6) is 0. The summed E-state index contributed by atoms with van der Waals surface area (Å²) in [7, 11) is -3.55. The number of rotatable bonds is 6. The number of ether oxygens (including phenoxy) is 1. The van der Waals surface area contributed by atoms with Crippen molar-refractivity contribution in [1.82, 2.24) is 4.72 Å². The van der Waals surface area contributed by atoms with Crippen molar-refractivity contribution >= 4 is 10.0 Å². The Morgan fingerprint density at radius 1 is 1.43 bits per heavy atom. The zero-order valence-electron chi connectivity index (χ0n) is 12.7. The van der Waals surface area contributed by atoms with Gasteiger partial charge >= 0.3 is 0 Å². The third-order valence-corrected chi connectivity index (χ3v) is 5.46. The SMILES string of the molecule is CCc1ccc(CN)cc1S(=O)(=O)NCC1(C)CCCO1. The fraction of sp³-hybridized carbons (Fsp3) is 0.600. The molecule has 1 atom stereocenters. The van der Waals surface area contributed by atoms with Gasteiger partial charge < -0.3 is 10.5 Å². The van der Waals surface area contributed by atoms with E-state index < -0.39 is 15.6 Å². The van der Waals surface area contributed by atoms with Crippen molar-refractivity contribution in [2.24, 2.45) is 5.73 Å². The Morgan fingerprint density at radius 2 is 2.19 bits per heavy atom. The number of sulfonamides is 1. The summed E-state index contributed by atoms with van der Waals surface area (Å²) in [5, 5.41) is 0. The van der Waals surface area contributed by atoms with E-state index in [1.165, 1.54) is 0 Å². The molecule has 1 heterocycles. The van der Waals surface area contributed by atoms with Crippen LogP contribution in [-0.4, -0.2) is 27.2 Å². The van der Waals surface area contributed by atoms with E-state index in [1.807, 2.05) is 26.0 Å². The van der Waals surface area contributed by atoms with Crippen LogP contribution in [0.3, 0.4) is 0 Å². The fourth-order valence-electron chi connectivity index (χ4n) is 2.57. The molecular weight excluding hydrogens is 288 g/mol. The van der Waals surface area contributed by atoms with Gasteiger partial charge in [0, 0.05) is 19.7 Å². The quantitative estimate of drug-likeness (QED) is 0.835. The van der Waals surface area contributed by atoms with Gasteiger partial charge in [-0.25, -0.2) is 13.1 Å². The van der Waals surface area contributed by atoms with E-state index in [0.29, 0.717) is 31.0 Å². The molecule has 1 saturated heterocycles. The maximum absolute atomic E-state index is 12.6. The lowest BCUT2D eigenvalue weighted by Crippen LogP contribution is -2.40. The third-order valence-electron chi connectivity index (χ3n) is 3.97. The molecule has 0 radical (unpaired) electrons. The lowest BCUT2D eigenvalue weighted by atomic mass is 10.0. The van der Waals surface area contributed by atoms with Crippen molar-refractivity contribution in [3.63, 3.8) is 0 Å². The van der Waals surface area contributed by atoms with Crippen LogP contribution >= 0.6 is 0 Å². The Kier molecular flexibility index (Phi) is 5.03. The summed E-state index contributed by atoms with van der Waals surface area (Å²) in [6.07, 6.45) is 2.51. The minimum Gasteiger partial charge on any atom is -0.374 e. The number of benzene rings is 1. The van der Waals surface area contributed by atoms with Gasteiger partial charge in [0.15, 0.2) is 0 Å². The number of nitrogens with two attached hydrogens (primary N) is 1. The van der Waals surface area contributed by atoms with Crippen LogP contribution in [0.2, 0.25) is 0 Å². The minimum absolute atomic E-state index is 0.297. The predicted molar refractivity (Wildman–Crippen MR) is 82.5 cm³/mol. The second-order valence-electron chi connectivity index (χ2n) is 5.73. The van der Waals surface area contributed by atoms with Gasteiger partial charge in [-0.3, -0.25) is 0 Å². The number of nitrogens with one attached hydrogen (secondary N) is 1. The van der Waals surface area contributed by atoms with Crippen LogP contribution in [0.25, 0.3) is 0 Å². The monoisotopic (exact) mass is 312 g/mol. The van der Waals surface area contributed by atoms with E-state index in [0.717, 1.165) is 24.0 Å². The van der Waals surface area contributed by atoms with Gasteiger partial charge in [-0.1, -0.05) is 19.1 Å². The van der Waals surface area contributed by atoms with Gasteiger partial charge in [0.25, 0.3) is 0 Å². The van der Waals surface area contributed by atoms with Gasteiger partial charge in [0.2, 0.25) is 10.0 Å². The van der Waals surface area contributed by atoms with Gasteiger partial charge in [0.05, 0.1) is 10.5 Å². The molecule has 1 fully saturated rings. The Hall–Kier alpha value is -0.950. The van der Waals surface area contributed by atoms with Crippen LogP contribution in [0, 0.1) is 0 Å². The van der Waals surface area contributed by atoms with Crippen molar-refractivity contribution in [3.05, 3.63) is 29.3 Å². The molecule has 1 aromatic carbocycles. The first kappa shape index (κ1) is 16.4. The van der Waals surface area contributed by atoms with Crippen LogP contribution in [-0.2, 0) is 27.7 Å². The standard InChI is InChI=1S/C15H24N2O3S/c1-3-13-6-5-12(10-16)9-14(13)21(18,19)17-11-15(2)7-4-8-20-15/h5-6,9,17H,3-4,7-8,10-11,16H2,1-2H3. The molecule has 0 saturated carbocycles. The highest BCUT2D eigenvalue weighted by molar-refractivity contribution is 7.89. The molecular formula is C15H24N2O3S. The maximum Gasteiger partial charge on any atom is 0.240 e. The van der Waals surface area contributed by atoms with E-state index >= 15 is 0 Å².